The van der Waals surface area contributed by atoms with Gasteiger partial charge in [0.15, 0.2) is 0 Å². The Bertz CT molecular complexity index is 480. The van der Waals surface area contributed by atoms with E-state index < -0.39 is 0 Å². The van der Waals surface area contributed by atoms with Crippen LogP contribution in [-0.4, -0.2) is 24.6 Å². The van der Waals surface area contributed by atoms with E-state index in [0.29, 0.717) is 12.5 Å². The Morgan fingerprint density at radius 3 is 2.57 bits per heavy atom. The Morgan fingerprint density at radius 2 is 1.87 bits per heavy atom. The van der Waals surface area contributed by atoms with Crippen LogP contribution in [0.15, 0.2) is 24.3 Å². The Hall–Kier alpha value is -1.55. The minimum atomic E-state index is 0.0333. The molecule has 1 aromatic rings. The van der Waals surface area contributed by atoms with Gasteiger partial charge < -0.3 is 15.4 Å². The zero-order valence-corrected chi connectivity index (χ0v) is 14.4. The van der Waals surface area contributed by atoms with E-state index in [-0.39, 0.29) is 12.0 Å². The van der Waals surface area contributed by atoms with E-state index in [0.717, 1.165) is 18.0 Å². The molecule has 0 aliphatic heterocycles. The molecular weight excluding hydrogens is 288 g/mol. The molecule has 0 bridgehead atoms. The summed E-state index contributed by atoms with van der Waals surface area (Å²) in [6, 6.07) is 8.18. The quantitative estimate of drug-likeness (QED) is 0.744. The molecule has 0 spiro atoms. The molecule has 2 N–H and O–H groups in total. The molecule has 0 saturated heterocycles. The molecule has 1 aliphatic carbocycles. The third-order valence-electron chi connectivity index (χ3n) is 4.16. The summed E-state index contributed by atoms with van der Waals surface area (Å²) < 4.78 is 5.73. The van der Waals surface area contributed by atoms with Crippen molar-refractivity contribution in [2.75, 3.05) is 11.9 Å². The van der Waals surface area contributed by atoms with Crippen LogP contribution >= 0.6 is 0 Å². The van der Waals surface area contributed by atoms with Crippen LogP contribution in [0.3, 0.4) is 0 Å². The fourth-order valence-corrected chi connectivity index (χ4v) is 3.01. The maximum atomic E-state index is 12.2. The Balaban J connectivity index is 1.76. The smallest absolute Gasteiger partial charge is 0.225 e. The third-order valence-corrected chi connectivity index (χ3v) is 4.16. The van der Waals surface area contributed by atoms with Crippen molar-refractivity contribution < 1.29 is 9.53 Å². The van der Waals surface area contributed by atoms with Gasteiger partial charge in [-0.05, 0) is 38.8 Å². The molecule has 2 rings (SSSR count). The first-order valence-corrected chi connectivity index (χ1v) is 8.94. The van der Waals surface area contributed by atoms with Crippen molar-refractivity contribution >= 4 is 11.6 Å². The number of hydrogen-bond donors (Lipinski definition) is 2. The van der Waals surface area contributed by atoms with Crippen LogP contribution in [0, 0.1) is 0 Å². The summed E-state index contributed by atoms with van der Waals surface area (Å²) in [5, 5.41) is 6.50. The van der Waals surface area contributed by atoms with E-state index >= 15 is 0 Å². The molecular formula is C19H30N2O2. The summed E-state index contributed by atoms with van der Waals surface area (Å²) in [6.07, 6.45) is 8.39. The SMILES string of the molecule is CC(C)Oc1ccccc1NC(=O)CCNC1CCCCCC1. The Kier molecular flexibility index (Phi) is 7.40. The molecule has 1 saturated carbocycles. The van der Waals surface area contributed by atoms with Crippen LogP contribution in [0.2, 0.25) is 0 Å². The number of amides is 1. The topological polar surface area (TPSA) is 50.4 Å². The first kappa shape index (κ1) is 17.8. The maximum Gasteiger partial charge on any atom is 0.225 e. The van der Waals surface area contributed by atoms with Crippen molar-refractivity contribution in [3.8, 4) is 5.75 Å². The lowest BCUT2D eigenvalue weighted by Gasteiger charge is -2.17. The maximum absolute atomic E-state index is 12.2. The summed E-state index contributed by atoms with van der Waals surface area (Å²) in [5.41, 5.74) is 0.751. The Labute approximate surface area is 140 Å². The zero-order chi connectivity index (χ0) is 16.5. The lowest BCUT2D eigenvalue weighted by atomic mass is 10.1. The van der Waals surface area contributed by atoms with Crippen LogP contribution in [-0.2, 0) is 4.79 Å². The van der Waals surface area contributed by atoms with Gasteiger partial charge in [-0.3, -0.25) is 4.79 Å². The summed E-state index contributed by atoms with van der Waals surface area (Å²) in [5.74, 6) is 0.763. The zero-order valence-electron chi connectivity index (χ0n) is 14.4. The molecule has 4 nitrogen and oxygen atoms in total. The van der Waals surface area contributed by atoms with Crippen LogP contribution in [0.25, 0.3) is 0 Å². The van der Waals surface area contributed by atoms with Crippen LogP contribution in [0.1, 0.15) is 58.8 Å². The fraction of sp³-hybridized carbons (Fsp3) is 0.632. The molecule has 0 unspecified atom stereocenters. The van der Waals surface area contributed by atoms with Crippen molar-refractivity contribution in [2.45, 2.75) is 70.9 Å². The van der Waals surface area contributed by atoms with Gasteiger partial charge in [-0.1, -0.05) is 37.8 Å². The van der Waals surface area contributed by atoms with Crippen LogP contribution in [0.4, 0.5) is 5.69 Å². The van der Waals surface area contributed by atoms with Crippen molar-refractivity contribution in [2.24, 2.45) is 0 Å². The minimum Gasteiger partial charge on any atom is -0.489 e. The van der Waals surface area contributed by atoms with Gasteiger partial charge in [-0.25, -0.2) is 0 Å². The molecule has 4 heteroatoms. The highest BCUT2D eigenvalue weighted by atomic mass is 16.5. The number of nitrogens with one attached hydrogen (secondary N) is 2. The van der Waals surface area contributed by atoms with Gasteiger partial charge in [-0.2, -0.15) is 0 Å². The average molecular weight is 318 g/mol. The van der Waals surface area contributed by atoms with Gasteiger partial charge >= 0.3 is 0 Å². The molecule has 0 atom stereocenters. The summed E-state index contributed by atoms with van der Waals surface area (Å²) >= 11 is 0. The van der Waals surface area contributed by atoms with Gasteiger partial charge in [0.05, 0.1) is 11.8 Å². The molecule has 1 aliphatic rings. The van der Waals surface area contributed by atoms with Gasteiger partial charge in [0.1, 0.15) is 5.75 Å². The van der Waals surface area contributed by atoms with Crippen molar-refractivity contribution in [3.63, 3.8) is 0 Å². The number of rotatable bonds is 7. The Morgan fingerprint density at radius 1 is 1.17 bits per heavy atom. The summed E-state index contributed by atoms with van der Waals surface area (Å²) in [4.78, 5) is 12.2. The summed E-state index contributed by atoms with van der Waals surface area (Å²) in [7, 11) is 0. The largest absolute Gasteiger partial charge is 0.489 e. The van der Waals surface area contributed by atoms with E-state index in [9.17, 15) is 4.79 Å². The normalized spacial score (nSPS) is 16.1. The van der Waals surface area contributed by atoms with E-state index in [1.54, 1.807) is 0 Å². The number of carbonyl (C=O) groups excluding carboxylic acids is 1. The van der Waals surface area contributed by atoms with Gasteiger partial charge in [0.2, 0.25) is 5.91 Å². The first-order valence-electron chi connectivity index (χ1n) is 8.94. The number of para-hydroxylation sites is 2. The van der Waals surface area contributed by atoms with E-state index in [1.807, 2.05) is 38.1 Å². The van der Waals surface area contributed by atoms with Crippen molar-refractivity contribution in [1.29, 1.82) is 0 Å². The average Bonchev–Trinajstić information content (AvgIpc) is 2.77. The second-order valence-corrected chi connectivity index (χ2v) is 6.60. The molecule has 128 valence electrons. The molecule has 1 aromatic carbocycles. The highest BCUT2D eigenvalue weighted by Crippen LogP contribution is 2.25. The second-order valence-electron chi connectivity index (χ2n) is 6.60. The predicted octanol–water partition coefficient (Wildman–Crippen LogP) is 4.11. The first-order chi connectivity index (χ1) is 11.1. The van der Waals surface area contributed by atoms with Crippen molar-refractivity contribution in [1.82, 2.24) is 5.32 Å². The van der Waals surface area contributed by atoms with E-state index in [2.05, 4.69) is 10.6 Å². The molecule has 0 heterocycles. The predicted molar refractivity (Wildman–Crippen MR) is 94.9 cm³/mol. The van der Waals surface area contributed by atoms with Gasteiger partial charge in [-0.15, -0.1) is 0 Å². The number of benzene rings is 1. The highest BCUT2D eigenvalue weighted by Gasteiger charge is 2.13. The molecule has 23 heavy (non-hydrogen) atoms. The monoisotopic (exact) mass is 318 g/mol. The number of hydrogen-bond acceptors (Lipinski definition) is 3. The fourth-order valence-electron chi connectivity index (χ4n) is 3.01. The molecule has 0 aromatic heterocycles. The highest BCUT2D eigenvalue weighted by molar-refractivity contribution is 5.92. The van der Waals surface area contributed by atoms with Crippen LogP contribution in [0.5, 0.6) is 5.75 Å². The minimum absolute atomic E-state index is 0.0333. The summed E-state index contributed by atoms with van der Waals surface area (Å²) in [6.45, 7) is 4.70. The third kappa shape index (κ3) is 6.61. The molecule has 1 fully saturated rings. The standard InChI is InChI=1S/C19H30N2O2/c1-15(2)23-18-12-8-7-11-17(18)21-19(22)13-14-20-16-9-5-3-4-6-10-16/h7-8,11-12,15-16,20H,3-6,9-10,13-14H2,1-2H3,(H,21,22). The van der Waals surface area contributed by atoms with Crippen LogP contribution < -0.4 is 15.4 Å². The molecule has 0 radical (unpaired) electrons. The number of ether oxygens (including phenoxy) is 1. The lowest BCUT2D eigenvalue weighted by molar-refractivity contribution is -0.116. The van der Waals surface area contributed by atoms with E-state index in [4.69, 9.17) is 4.74 Å². The lowest BCUT2D eigenvalue weighted by Crippen LogP contribution is -2.31. The van der Waals surface area contributed by atoms with Gasteiger partial charge in [0, 0.05) is 19.0 Å². The second kappa shape index (κ2) is 9.56. The molecule has 1 amide bonds. The van der Waals surface area contributed by atoms with Gasteiger partial charge in [0.25, 0.3) is 0 Å². The number of carbonyl (C=O) groups is 1. The van der Waals surface area contributed by atoms with E-state index in [1.165, 1.54) is 38.5 Å². The van der Waals surface area contributed by atoms with Crippen molar-refractivity contribution in [3.05, 3.63) is 24.3 Å². The number of anilines is 1.